The van der Waals surface area contributed by atoms with E-state index in [0.717, 1.165) is 17.8 Å². The molecule has 0 heterocycles. The van der Waals surface area contributed by atoms with E-state index in [4.69, 9.17) is 14.2 Å². The third-order valence-electron chi connectivity index (χ3n) is 6.62. The third kappa shape index (κ3) is 3.00. The lowest BCUT2D eigenvalue weighted by Crippen LogP contribution is -2.45. The van der Waals surface area contributed by atoms with Gasteiger partial charge in [0, 0.05) is 5.56 Å². The van der Waals surface area contributed by atoms with E-state index in [0.29, 0.717) is 22.8 Å². The minimum absolute atomic E-state index is 0.00000142. The second-order valence-corrected chi connectivity index (χ2v) is 8.39. The monoisotopic (exact) mass is 356 g/mol. The van der Waals surface area contributed by atoms with Crippen LogP contribution in [-0.4, -0.2) is 27.1 Å². The van der Waals surface area contributed by atoms with Crippen molar-refractivity contribution in [1.29, 1.82) is 0 Å². The van der Waals surface area contributed by atoms with Gasteiger partial charge in [-0.05, 0) is 79.9 Å². The molecule has 4 aliphatic carbocycles. The maximum Gasteiger partial charge on any atom is 0.203 e. The van der Waals surface area contributed by atoms with Crippen molar-refractivity contribution in [2.45, 2.75) is 38.5 Å². The first-order valence-corrected chi connectivity index (χ1v) is 9.59. The van der Waals surface area contributed by atoms with Gasteiger partial charge >= 0.3 is 0 Å². The highest BCUT2D eigenvalue weighted by molar-refractivity contribution is 6.05. The predicted molar refractivity (Wildman–Crippen MR) is 100 cm³/mol. The molecule has 4 heteroatoms. The van der Waals surface area contributed by atoms with Gasteiger partial charge in [0.25, 0.3) is 0 Å². The van der Waals surface area contributed by atoms with Gasteiger partial charge < -0.3 is 14.2 Å². The number of hydrogen-bond donors (Lipinski definition) is 0. The Morgan fingerprint density at radius 1 is 0.923 bits per heavy atom. The molecule has 4 fully saturated rings. The Kier molecular flexibility index (Phi) is 4.45. The van der Waals surface area contributed by atoms with Crippen LogP contribution in [0.2, 0.25) is 0 Å². The molecule has 5 rings (SSSR count). The highest BCUT2D eigenvalue weighted by Crippen LogP contribution is 2.60. The van der Waals surface area contributed by atoms with E-state index in [1.807, 2.05) is 0 Å². The quantitative estimate of drug-likeness (QED) is 0.549. The molecular weight excluding hydrogens is 328 g/mol. The molecule has 0 unspecified atom stereocenters. The van der Waals surface area contributed by atoms with Crippen LogP contribution >= 0.6 is 0 Å². The molecule has 4 bridgehead atoms. The second-order valence-electron chi connectivity index (χ2n) is 8.39. The molecule has 4 saturated carbocycles. The normalized spacial score (nSPS) is 32.0. The van der Waals surface area contributed by atoms with Gasteiger partial charge in [-0.15, -0.1) is 0 Å². The zero-order valence-corrected chi connectivity index (χ0v) is 15.9. The van der Waals surface area contributed by atoms with Gasteiger partial charge in [-0.2, -0.15) is 0 Å². The molecule has 1 aromatic rings. The van der Waals surface area contributed by atoms with Crippen molar-refractivity contribution in [2.24, 2.45) is 23.2 Å². The summed E-state index contributed by atoms with van der Waals surface area (Å²) in [5, 5.41) is 0. The number of benzene rings is 1. The number of carbonyl (C=O) groups is 1. The average Bonchev–Trinajstić information content (AvgIpc) is 2.63. The zero-order chi connectivity index (χ0) is 18.3. The summed E-state index contributed by atoms with van der Waals surface area (Å²) in [5.41, 5.74) is 0.825. The van der Waals surface area contributed by atoms with Crippen molar-refractivity contribution in [3.63, 3.8) is 0 Å². The van der Waals surface area contributed by atoms with Crippen molar-refractivity contribution in [1.82, 2.24) is 0 Å². The van der Waals surface area contributed by atoms with Crippen LogP contribution in [0.1, 0.15) is 48.9 Å². The van der Waals surface area contributed by atoms with E-state index >= 15 is 0 Å². The summed E-state index contributed by atoms with van der Waals surface area (Å²) in [6.07, 6.45) is 12.0. The third-order valence-corrected chi connectivity index (χ3v) is 6.62. The van der Waals surface area contributed by atoms with Gasteiger partial charge in [0.1, 0.15) is 0 Å². The Bertz CT molecular complexity index is 673. The second kappa shape index (κ2) is 6.64. The van der Waals surface area contributed by atoms with Crippen LogP contribution in [0.5, 0.6) is 17.2 Å². The highest BCUT2D eigenvalue weighted by Gasteiger charge is 2.49. The largest absolute Gasteiger partial charge is 0.493 e. The molecule has 0 atom stereocenters. The van der Waals surface area contributed by atoms with E-state index in [9.17, 15) is 4.79 Å². The van der Waals surface area contributed by atoms with Crippen molar-refractivity contribution >= 4 is 5.78 Å². The standard InChI is InChI=1S/C22H28O4/c1-24-19-9-17(10-20(25-2)21(19)26-3)18(23)4-5-22-11-14-6-15(12-22)8-16(7-14)13-22/h4-5,9-10,14-16H,6-8,11-13H2,1-3H3/b5-4+. The minimum atomic E-state index is -0.00000142. The van der Waals surface area contributed by atoms with Crippen LogP contribution in [0.25, 0.3) is 0 Å². The summed E-state index contributed by atoms with van der Waals surface area (Å²) in [6, 6.07) is 3.46. The highest BCUT2D eigenvalue weighted by atomic mass is 16.5. The number of methoxy groups -OCH3 is 3. The average molecular weight is 356 g/mol. The first-order chi connectivity index (χ1) is 12.6. The Labute approximate surface area is 155 Å². The topological polar surface area (TPSA) is 44.8 Å². The maximum absolute atomic E-state index is 12.8. The lowest BCUT2D eigenvalue weighted by atomic mass is 9.49. The summed E-state index contributed by atoms with van der Waals surface area (Å²) < 4.78 is 16.1. The molecular formula is C22H28O4. The van der Waals surface area contributed by atoms with Gasteiger partial charge in [0.15, 0.2) is 17.3 Å². The fraction of sp³-hybridized carbons (Fsp3) is 0.591. The zero-order valence-electron chi connectivity index (χ0n) is 15.9. The number of ether oxygens (including phenoxy) is 3. The van der Waals surface area contributed by atoms with Crippen LogP contribution in [0, 0.1) is 23.2 Å². The van der Waals surface area contributed by atoms with Crippen LogP contribution in [0.3, 0.4) is 0 Å². The molecule has 0 saturated heterocycles. The minimum Gasteiger partial charge on any atom is -0.493 e. The van der Waals surface area contributed by atoms with Gasteiger partial charge in [-0.3, -0.25) is 4.79 Å². The summed E-state index contributed by atoms with van der Waals surface area (Å²) in [4.78, 5) is 12.8. The fourth-order valence-corrected chi connectivity index (χ4v) is 5.95. The number of ketones is 1. The van der Waals surface area contributed by atoms with E-state index in [2.05, 4.69) is 6.08 Å². The number of rotatable bonds is 6. The smallest absolute Gasteiger partial charge is 0.203 e. The van der Waals surface area contributed by atoms with Gasteiger partial charge in [0.05, 0.1) is 21.3 Å². The number of carbonyl (C=O) groups excluding carboxylic acids is 1. The Morgan fingerprint density at radius 2 is 1.42 bits per heavy atom. The Morgan fingerprint density at radius 3 is 1.85 bits per heavy atom. The fourth-order valence-electron chi connectivity index (χ4n) is 5.95. The first kappa shape index (κ1) is 17.4. The molecule has 0 aromatic heterocycles. The summed E-state index contributed by atoms with van der Waals surface area (Å²) >= 11 is 0. The molecule has 26 heavy (non-hydrogen) atoms. The van der Waals surface area contributed by atoms with Crippen molar-refractivity contribution in [2.75, 3.05) is 21.3 Å². The Balaban J connectivity index is 1.58. The molecule has 4 nitrogen and oxygen atoms in total. The van der Waals surface area contributed by atoms with Gasteiger partial charge in [-0.25, -0.2) is 0 Å². The van der Waals surface area contributed by atoms with E-state index in [-0.39, 0.29) is 11.2 Å². The summed E-state index contributed by atoms with van der Waals surface area (Å²) in [5.74, 6) is 4.17. The molecule has 0 amide bonds. The Hall–Kier alpha value is -1.97. The molecule has 140 valence electrons. The molecule has 0 aliphatic heterocycles. The first-order valence-electron chi connectivity index (χ1n) is 9.59. The lowest BCUT2D eigenvalue weighted by molar-refractivity contribution is -0.0238. The molecule has 0 radical (unpaired) electrons. The molecule has 0 spiro atoms. The summed E-state index contributed by atoms with van der Waals surface area (Å²) in [7, 11) is 4.70. The number of hydrogen-bond acceptors (Lipinski definition) is 4. The van der Waals surface area contributed by atoms with Crippen LogP contribution in [0.15, 0.2) is 24.3 Å². The number of allylic oxidation sites excluding steroid dienone is 2. The molecule has 1 aromatic carbocycles. The lowest BCUT2D eigenvalue weighted by Gasteiger charge is -2.55. The van der Waals surface area contributed by atoms with Crippen LogP contribution in [0.4, 0.5) is 0 Å². The van der Waals surface area contributed by atoms with Crippen molar-refractivity contribution in [3.05, 3.63) is 29.8 Å². The maximum atomic E-state index is 12.8. The SMILES string of the molecule is COc1cc(C(=O)/C=C/C23CC4CC(CC(C4)C2)C3)cc(OC)c1OC. The van der Waals surface area contributed by atoms with E-state index in [1.54, 1.807) is 39.5 Å². The van der Waals surface area contributed by atoms with Crippen molar-refractivity contribution in [3.8, 4) is 17.2 Å². The molecule has 4 aliphatic rings. The predicted octanol–water partition coefficient (Wildman–Crippen LogP) is 4.67. The molecule has 0 N–H and O–H groups in total. The van der Waals surface area contributed by atoms with E-state index in [1.165, 1.54) is 38.5 Å². The van der Waals surface area contributed by atoms with Crippen LogP contribution in [-0.2, 0) is 0 Å². The summed E-state index contributed by atoms with van der Waals surface area (Å²) in [6.45, 7) is 0. The van der Waals surface area contributed by atoms with E-state index < -0.39 is 0 Å². The van der Waals surface area contributed by atoms with Gasteiger partial charge in [-0.1, -0.05) is 6.08 Å². The van der Waals surface area contributed by atoms with Crippen molar-refractivity contribution < 1.29 is 19.0 Å². The van der Waals surface area contributed by atoms with Gasteiger partial charge in [0.2, 0.25) is 5.75 Å². The van der Waals surface area contributed by atoms with Crippen LogP contribution < -0.4 is 14.2 Å².